The van der Waals surface area contributed by atoms with Crippen LogP contribution in [0, 0.1) is 11.8 Å². The molecule has 16 heavy (non-hydrogen) atoms. The summed E-state index contributed by atoms with van der Waals surface area (Å²) in [6.45, 7) is 0.645. The lowest BCUT2D eigenvalue weighted by atomic mass is 10.00. The lowest BCUT2D eigenvalue weighted by Gasteiger charge is -2.15. The van der Waals surface area contributed by atoms with Gasteiger partial charge in [0.05, 0.1) is 12.7 Å². The van der Waals surface area contributed by atoms with E-state index in [-0.39, 0.29) is 12.0 Å². The van der Waals surface area contributed by atoms with E-state index in [0.29, 0.717) is 18.3 Å². The maximum Gasteiger partial charge on any atom is 0.138 e. The van der Waals surface area contributed by atoms with Crippen LogP contribution in [0.5, 0.6) is 0 Å². The van der Waals surface area contributed by atoms with E-state index >= 15 is 0 Å². The second-order valence-corrected chi connectivity index (χ2v) is 4.88. The first kappa shape index (κ1) is 10.0. The Morgan fingerprint density at radius 2 is 2.00 bits per heavy atom. The molecule has 0 aliphatic heterocycles. The Morgan fingerprint density at radius 3 is 2.62 bits per heavy atom. The number of Topliss-reactive ketones (excluding diaryl/α,β-unsaturated/α-hetero) is 1. The summed E-state index contributed by atoms with van der Waals surface area (Å²) >= 11 is 0. The SMILES string of the molecule is O=C1CC2CC[C@@H]1[C@H]2OCc1ccccc1. The highest BCUT2D eigenvalue weighted by atomic mass is 16.5. The van der Waals surface area contributed by atoms with Gasteiger partial charge < -0.3 is 4.74 Å². The van der Waals surface area contributed by atoms with Gasteiger partial charge in [-0.25, -0.2) is 0 Å². The van der Waals surface area contributed by atoms with Crippen molar-refractivity contribution in [1.82, 2.24) is 0 Å². The highest BCUT2D eigenvalue weighted by Crippen LogP contribution is 2.44. The van der Waals surface area contributed by atoms with Crippen LogP contribution in [0.1, 0.15) is 24.8 Å². The van der Waals surface area contributed by atoms with Crippen molar-refractivity contribution >= 4 is 5.78 Å². The fourth-order valence-electron chi connectivity index (χ4n) is 3.04. The van der Waals surface area contributed by atoms with Crippen molar-refractivity contribution < 1.29 is 9.53 Å². The van der Waals surface area contributed by atoms with Crippen LogP contribution in [0.25, 0.3) is 0 Å². The average molecular weight is 216 g/mol. The van der Waals surface area contributed by atoms with E-state index in [1.807, 2.05) is 18.2 Å². The van der Waals surface area contributed by atoms with Crippen molar-refractivity contribution in [3.8, 4) is 0 Å². The van der Waals surface area contributed by atoms with E-state index < -0.39 is 0 Å². The van der Waals surface area contributed by atoms with E-state index in [9.17, 15) is 4.79 Å². The van der Waals surface area contributed by atoms with Gasteiger partial charge >= 0.3 is 0 Å². The minimum Gasteiger partial charge on any atom is -0.372 e. The Labute approximate surface area is 95.6 Å². The zero-order valence-corrected chi connectivity index (χ0v) is 9.26. The van der Waals surface area contributed by atoms with Gasteiger partial charge in [0.25, 0.3) is 0 Å². The fourth-order valence-corrected chi connectivity index (χ4v) is 3.04. The molecule has 2 aliphatic rings. The molecule has 2 saturated carbocycles. The van der Waals surface area contributed by atoms with E-state index in [1.165, 1.54) is 12.0 Å². The van der Waals surface area contributed by atoms with Gasteiger partial charge in [-0.3, -0.25) is 4.79 Å². The molecular weight excluding hydrogens is 200 g/mol. The minimum absolute atomic E-state index is 0.202. The second kappa shape index (κ2) is 4.02. The molecule has 0 N–H and O–H groups in total. The smallest absolute Gasteiger partial charge is 0.138 e. The van der Waals surface area contributed by atoms with Crippen LogP contribution in [0.4, 0.5) is 0 Å². The van der Waals surface area contributed by atoms with Crippen molar-refractivity contribution in [3.05, 3.63) is 35.9 Å². The molecule has 0 amide bonds. The Morgan fingerprint density at radius 1 is 1.19 bits per heavy atom. The molecule has 0 heterocycles. The number of hydrogen-bond donors (Lipinski definition) is 0. The number of carbonyl (C=O) groups is 1. The van der Waals surface area contributed by atoms with E-state index in [4.69, 9.17) is 4.74 Å². The van der Waals surface area contributed by atoms with Crippen molar-refractivity contribution in [2.75, 3.05) is 0 Å². The molecule has 2 aliphatic carbocycles. The Kier molecular flexibility index (Phi) is 2.52. The Bertz CT molecular complexity index is 385. The molecule has 1 unspecified atom stereocenters. The highest BCUT2D eigenvalue weighted by molar-refractivity contribution is 5.85. The number of ketones is 1. The molecule has 2 heteroatoms. The molecule has 1 aromatic carbocycles. The van der Waals surface area contributed by atoms with Crippen LogP contribution in [0.3, 0.4) is 0 Å². The normalized spacial score (nSPS) is 32.2. The van der Waals surface area contributed by atoms with Gasteiger partial charge in [0, 0.05) is 12.3 Å². The summed E-state index contributed by atoms with van der Waals surface area (Å²) in [6.07, 6.45) is 3.18. The quantitative estimate of drug-likeness (QED) is 0.776. The number of carbonyl (C=O) groups excluding carboxylic acids is 1. The molecule has 1 aromatic rings. The molecule has 0 radical (unpaired) electrons. The fraction of sp³-hybridized carbons (Fsp3) is 0.500. The topological polar surface area (TPSA) is 26.3 Å². The van der Waals surface area contributed by atoms with Crippen molar-refractivity contribution in [2.45, 2.75) is 32.0 Å². The van der Waals surface area contributed by atoms with Crippen molar-refractivity contribution in [1.29, 1.82) is 0 Å². The van der Waals surface area contributed by atoms with Crippen LogP contribution in [-0.2, 0) is 16.1 Å². The summed E-state index contributed by atoms with van der Waals surface area (Å²) in [5.74, 6) is 1.13. The average Bonchev–Trinajstić information content (AvgIpc) is 2.83. The molecular formula is C14H16O2. The third-order valence-electron chi connectivity index (χ3n) is 3.87. The first-order valence-electron chi connectivity index (χ1n) is 6.03. The largest absolute Gasteiger partial charge is 0.372 e. The molecule has 3 atom stereocenters. The lowest BCUT2D eigenvalue weighted by molar-refractivity contribution is -0.123. The number of rotatable bonds is 3. The van der Waals surface area contributed by atoms with E-state index in [0.717, 1.165) is 12.8 Å². The maximum atomic E-state index is 11.6. The Balaban J connectivity index is 1.63. The van der Waals surface area contributed by atoms with Crippen LogP contribution in [0.2, 0.25) is 0 Å². The summed E-state index contributed by atoms with van der Waals surface area (Å²) < 4.78 is 5.93. The second-order valence-electron chi connectivity index (χ2n) is 4.88. The van der Waals surface area contributed by atoms with Gasteiger partial charge in [-0.15, -0.1) is 0 Å². The van der Waals surface area contributed by atoms with Crippen LogP contribution >= 0.6 is 0 Å². The summed E-state index contributed by atoms with van der Waals surface area (Å²) in [7, 11) is 0. The maximum absolute atomic E-state index is 11.6. The Hall–Kier alpha value is -1.15. The van der Waals surface area contributed by atoms with Crippen LogP contribution in [0.15, 0.2) is 30.3 Å². The monoisotopic (exact) mass is 216 g/mol. The predicted octanol–water partition coefficient (Wildman–Crippen LogP) is 2.57. The van der Waals surface area contributed by atoms with Gasteiger partial charge in [-0.1, -0.05) is 30.3 Å². The van der Waals surface area contributed by atoms with E-state index in [2.05, 4.69) is 12.1 Å². The number of benzene rings is 1. The minimum atomic E-state index is 0.202. The van der Waals surface area contributed by atoms with Crippen molar-refractivity contribution in [3.63, 3.8) is 0 Å². The first-order valence-corrected chi connectivity index (χ1v) is 6.03. The number of fused-ring (bicyclic) bond motifs is 2. The zero-order valence-electron chi connectivity index (χ0n) is 9.26. The summed E-state index contributed by atoms with van der Waals surface area (Å²) in [5.41, 5.74) is 1.20. The van der Waals surface area contributed by atoms with E-state index in [1.54, 1.807) is 0 Å². The molecule has 0 spiro atoms. The summed E-state index contributed by atoms with van der Waals surface area (Å²) in [5, 5.41) is 0. The van der Waals surface area contributed by atoms with Gasteiger partial charge in [-0.2, -0.15) is 0 Å². The third kappa shape index (κ3) is 1.67. The summed E-state index contributed by atoms with van der Waals surface area (Å²) in [6, 6.07) is 10.2. The van der Waals surface area contributed by atoms with Gasteiger partial charge in [-0.05, 0) is 24.3 Å². The van der Waals surface area contributed by atoms with Gasteiger partial charge in [0.1, 0.15) is 5.78 Å². The molecule has 3 rings (SSSR count). The molecule has 84 valence electrons. The molecule has 2 nitrogen and oxygen atoms in total. The third-order valence-corrected chi connectivity index (χ3v) is 3.87. The highest BCUT2D eigenvalue weighted by Gasteiger charge is 2.48. The first-order chi connectivity index (χ1) is 7.84. The molecule has 2 fully saturated rings. The van der Waals surface area contributed by atoms with Crippen LogP contribution < -0.4 is 0 Å². The molecule has 0 aromatic heterocycles. The summed E-state index contributed by atoms with van der Waals surface area (Å²) in [4.78, 5) is 11.6. The van der Waals surface area contributed by atoms with Gasteiger partial charge in [0.15, 0.2) is 0 Å². The number of ether oxygens (including phenoxy) is 1. The van der Waals surface area contributed by atoms with Gasteiger partial charge in [0.2, 0.25) is 0 Å². The lowest BCUT2D eigenvalue weighted by Crippen LogP contribution is -2.20. The predicted molar refractivity (Wildman–Crippen MR) is 60.9 cm³/mol. The number of hydrogen-bond acceptors (Lipinski definition) is 2. The van der Waals surface area contributed by atoms with Crippen LogP contribution in [-0.4, -0.2) is 11.9 Å². The zero-order chi connectivity index (χ0) is 11.0. The van der Waals surface area contributed by atoms with Crippen molar-refractivity contribution in [2.24, 2.45) is 11.8 Å². The molecule has 0 saturated heterocycles. The molecule has 2 bridgehead atoms. The standard InChI is InChI=1S/C14H16O2/c15-13-8-11-6-7-12(13)14(11)16-9-10-4-2-1-3-5-10/h1-5,11-12,14H,6-9H2/t11?,12-,14-/m0/s1.